The highest BCUT2D eigenvalue weighted by Gasteiger charge is 2.21. The third kappa shape index (κ3) is 4.75. The number of hydrogen-bond donors (Lipinski definition) is 1. The van der Waals surface area contributed by atoms with Gasteiger partial charge in [-0.1, -0.05) is 13.3 Å². The third-order valence-electron chi connectivity index (χ3n) is 3.22. The summed E-state index contributed by atoms with van der Waals surface area (Å²) in [6, 6.07) is 0. The van der Waals surface area contributed by atoms with Crippen molar-refractivity contribution >= 4 is 12.6 Å². The Labute approximate surface area is 99.8 Å². The molecule has 1 fully saturated rings. The minimum absolute atomic E-state index is 0.473. The average molecular weight is 231 g/mol. The molecule has 0 saturated carbocycles. The van der Waals surface area contributed by atoms with Crippen LogP contribution in [0.15, 0.2) is 0 Å². The monoisotopic (exact) mass is 231 g/mol. The van der Waals surface area contributed by atoms with E-state index in [0.29, 0.717) is 6.10 Å². The number of hydrogen-bond acceptors (Lipinski definition) is 3. The summed E-state index contributed by atoms with van der Waals surface area (Å²) in [7, 11) is 0. The molecule has 2 nitrogen and oxygen atoms in total. The Morgan fingerprint density at radius 3 is 2.87 bits per heavy atom. The SMILES string of the molecule is CCOC1CCCN(CC(CC)CS)C1. The van der Waals surface area contributed by atoms with Gasteiger partial charge in [-0.15, -0.1) is 0 Å². The van der Waals surface area contributed by atoms with Crippen molar-refractivity contribution in [3.8, 4) is 0 Å². The first-order valence-corrected chi connectivity index (χ1v) is 6.88. The molecule has 0 aromatic rings. The van der Waals surface area contributed by atoms with Crippen molar-refractivity contribution in [2.75, 3.05) is 32.0 Å². The highest BCUT2D eigenvalue weighted by Crippen LogP contribution is 2.16. The van der Waals surface area contributed by atoms with Crippen LogP contribution in [0.2, 0.25) is 0 Å². The van der Waals surface area contributed by atoms with E-state index in [1.807, 2.05) is 0 Å². The fraction of sp³-hybridized carbons (Fsp3) is 1.00. The summed E-state index contributed by atoms with van der Waals surface area (Å²) in [6.45, 7) is 8.75. The Morgan fingerprint density at radius 2 is 2.27 bits per heavy atom. The zero-order valence-corrected chi connectivity index (χ0v) is 11.0. The summed E-state index contributed by atoms with van der Waals surface area (Å²) in [5.41, 5.74) is 0. The van der Waals surface area contributed by atoms with Crippen LogP contribution in [0.4, 0.5) is 0 Å². The van der Waals surface area contributed by atoms with Gasteiger partial charge in [0, 0.05) is 19.7 Å². The summed E-state index contributed by atoms with van der Waals surface area (Å²) in [5, 5.41) is 0. The summed E-state index contributed by atoms with van der Waals surface area (Å²) in [4.78, 5) is 2.55. The number of ether oxygens (including phenoxy) is 1. The molecule has 0 aliphatic carbocycles. The molecule has 2 atom stereocenters. The van der Waals surface area contributed by atoms with Crippen LogP contribution in [0.3, 0.4) is 0 Å². The van der Waals surface area contributed by atoms with E-state index in [1.54, 1.807) is 0 Å². The summed E-state index contributed by atoms with van der Waals surface area (Å²) in [6.07, 6.45) is 4.23. The fourth-order valence-electron chi connectivity index (χ4n) is 2.23. The van der Waals surface area contributed by atoms with Crippen LogP contribution in [0.5, 0.6) is 0 Å². The molecule has 1 aliphatic rings. The molecule has 0 N–H and O–H groups in total. The predicted molar refractivity (Wildman–Crippen MR) is 68.7 cm³/mol. The summed E-state index contributed by atoms with van der Waals surface area (Å²) < 4.78 is 5.70. The van der Waals surface area contributed by atoms with Crippen LogP contribution in [-0.2, 0) is 4.74 Å². The van der Waals surface area contributed by atoms with Gasteiger partial charge in [0.25, 0.3) is 0 Å². The Morgan fingerprint density at radius 1 is 1.47 bits per heavy atom. The Hall–Kier alpha value is 0.270. The topological polar surface area (TPSA) is 12.5 Å². The van der Waals surface area contributed by atoms with Crippen molar-refractivity contribution in [2.24, 2.45) is 5.92 Å². The second-order valence-corrected chi connectivity index (χ2v) is 4.80. The van der Waals surface area contributed by atoms with E-state index < -0.39 is 0 Å². The maximum absolute atomic E-state index is 5.70. The second-order valence-electron chi connectivity index (χ2n) is 4.44. The van der Waals surface area contributed by atoms with E-state index in [9.17, 15) is 0 Å². The smallest absolute Gasteiger partial charge is 0.0702 e. The van der Waals surface area contributed by atoms with Crippen LogP contribution in [0.1, 0.15) is 33.1 Å². The van der Waals surface area contributed by atoms with Crippen LogP contribution < -0.4 is 0 Å². The Kier molecular flexibility index (Phi) is 6.69. The lowest BCUT2D eigenvalue weighted by Gasteiger charge is -2.34. The van der Waals surface area contributed by atoms with Crippen molar-refractivity contribution in [1.82, 2.24) is 4.90 Å². The minimum atomic E-state index is 0.473. The lowest BCUT2D eigenvalue weighted by atomic mass is 10.0. The minimum Gasteiger partial charge on any atom is -0.377 e. The first-order chi connectivity index (χ1) is 7.30. The number of likely N-dealkylation sites (tertiary alicyclic amines) is 1. The second kappa shape index (κ2) is 7.53. The fourth-order valence-corrected chi connectivity index (χ4v) is 2.61. The first kappa shape index (κ1) is 13.3. The van der Waals surface area contributed by atoms with Gasteiger partial charge in [0.15, 0.2) is 0 Å². The molecule has 0 amide bonds. The number of rotatable bonds is 6. The largest absolute Gasteiger partial charge is 0.377 e. The Balaban J connectivity index is 2.28. The molecule has 1 saturated heterocycles. The molecule has 0 aromatic heterocycles. The molecule has 0 radical (unpaired) electrons. The van der Waals surface area contributed by atoms with E-state index in [2.05, 4.69) is 31.4 Å². The van der Waals surface area contributed by atoms with Crippen LogP contribution >= 0.6 is 12.6 Å². The molecule has 3 heteroatoms. The molecule has 15 heavy (non-hydrogen) atoms. The van der Waals surface area contributed by atoms with Crippen molar-refractivity contribution in [3.63, 3.8) is 0 Å². The molecule has 0 aromatic carbocycles. The van der Waals surface area contributed by atoms with Crippen LogP contribution in [0, 0.1) is 5.92 Å². The van der Waals surface area contributed by atoms with Gasteiger partial charge < -0.3 is 9.64 Å². The molecular weight excluding hydrogens is 206 g/mol. The van der Waals surface area contributed by atoms with Crippen molar-refractivity contribution in [3.05, 3.63) is 0 Å². The van der Waals surface area contributed by atoms with Gasteiger partial charge in [0.2, 0.25) is 0 Å². The molecule has 2 unspecified atom stereocenters. The van der Waals surface area contributed by atoms with Gasteiger partial charge in [0.1, 0.15) is 0 Å². The lowest BCUT2D eigenvalue weighted by molar-refractivity contribution is 0.00254. The lowest BCUT2D eigenvalue weighted by Crippen LogP contribution is -2.42. The predicted octanol–water partition coefficient (Wildman–Crippen LogP) is 2.44. The zero-order valence-electron chi connectivity index (χ0n) is 10.1. The number of thiol groups is 1. The van der Waals surface area contributed by atoms with Crippen molar-refractivity contribution in [2.45, 2.75) is 39.2 Å². The maximum atomic E-state index is 5.70. The van der Waals surface area contributed by atoms with Crippen LogP contribution in [-0.4, -0.2) is 43.0 Å². The van der Waals surface area contributed by atoms with Gasteiger partial charge >= 0.3 is 0 Å². The van der Waals surface area contributed by atoms with Gasteiger partial charge in [-0.25, -0.2) is 0 Å². The van der Waals surface area contributed by atoms with Crippen LogP contribution in [0.25, 0.3) is 0 Å². The Bertz CT molecular complexity index is 160. The number of piperidine rings is 1. The highest BCUT2D eigenvalue weighted by atomic mass is 32.1. The van der Waals surface area contributed by atoms with Crippen molar-refractivity contribution < 1.29 is 4.74 Å². The summed E-state index contributed by atoms with van der Waals surface area (Å²) in [5.74, 6) is 1.75. The third-order valence-corrected chi connectivity index (χ3v) is 3.73. The van der Waals surface area contributed by atoms with E-state index in [-0.39, 0.29) is 0 Å². The van der Waals surface area contributed by atoms with Crippen molar-refractivity contribution in [1.29, 1.82) is 0 Å². The number of nitrogens with zero attached hydrogens (tertiary/aromatic N) is 1. The first-order valence-electron chi connectivity index (χ1n) is 6.24. The molecular formula is C12H25NOS. The molecule has 0 spiro atoms. The molecule has 1 heterocycles. The standard InChI is InChI=1S/C12H25NOS/c1-3-11(10-15)8-13-7-5-6-12(9-13)14-4-2/h11-12,15H,3-10H2,1-2H3. The molecule has 0 bridgehead atoms. The summed E-state index contributed by atoms with van der Waals surface area (Å²) >= 11 is 4.40. The quantitative estimate of drug-likeness (QED) is 0.705. The average Bonchev–Trinajstić information content (AvgIpc) is 2.27. The van der Waals surface area contributed by atoms with E-state index in [4.69, 9.17) is 4.74 Å². The normalized spacial score (nSPS) is 25.4. The van der Waals surface area contributed by atoms with E-state index in [1.165, 1.54) is 32.4 Å². The van der Waals surface area contributed by atoms with E-state index >= 15 is 0 Å². The maximum Gasteiger partial charge on any atom is 0.0702 e. The molecule has 90 valence electrons. The van der Waals surface area contributed by atoms with Gasteiger partial charge in [-0.05, 0) is 38.0 Å². The highest BCUT2D eigenvalue weighted by molar-refractivity contribution is 7.80. The van der Waals surface area contributed by atoms with Gasteiger partial charge in [-0.3, -0.25) is 0 Å². The molecule has 1 aliphatic heterocycles. The zero-order chi connectivity index (χ0) is 11.1. The van der Waals surface area contributed by atoms with Gasteiger partial charge in [0.05, 0.1) is 6.10 Å². The van der Waals surface area contributed by atoms with E-state index in [0.717, 1.165) is 24.8 Å². The van der Waals surface area contributed by atoms with Gasteiger partial charge in [-0.2, -0.15) is 12.6 Å². The molecule has 1 rings (SSSR count).